The van der Waals surface area contributed by atoms with Crippen molar-refractivity contribution in [2.45, 2.75) is 515 Å². The molecule has 654 valence electrons. The van der Waals surface area contributed by atoms with Crippen LogP contribution in [0.5, 0.6) is 0 Å². The topological polar surface area (TPSA) is 237 Å². The average molecular weight is 1610 g/mol. The van der Waals surface area contributed by atoms with Gasteiger partial charge in [-0.3, -0.25) is 37.3 Å². The zero-order chi connectivity index (χ0) is 80.4. The minimum Gasteiger partial charge on any atom is -0.462 e. The van der Waals surface area contributed by atoms with E-state index in [2.05, 4.69) is 34.6 Å². The SMILES string of the molecule is CCCCCCCCCCCCCCCCCCCCCCCC(=O)OC[C@H](COP(=O)(O)OC[C@@H](O)COP(=O)(O)OC[C@@H](COC(=O)CCCCCCCCC)OC(=O)CCCCCCCCCCCCCCCCCCCCCCC)OC(=O)CCCCCCCCCCCCCCCCCCCCC(C)C. The van der Waals surface area contributed by atoms with Crippen molar-refractivity contribution in [1.82, 2.24) is 0 Å². The summed E-state index contributed by atoms with van der Waals surface area (Å²) in [5.74, 6) is -1.28. The van der Waals surface area contributed by atoms with E-state index in [1.807, 2.05) is 0 Å². The highest BCUT2D eigenvalue weighted by Gasteiger charge is 2.31. The van der Waals surface area contributed by atoms with Crippen molar-refractivity contribution in [1.29, 1.82) is 0 Å². The monoisotopic (exact) mass is 1610 g/mol. The molecule has 0 bridgehead atoms. The molecule has 0 aromatic rings. The predicted molar refractivity (Wildman–Crippen MR) is 455 cm³/mol. The Labute approximate surface area is 677 Å². The van der Waals surface area contributed by atoms with Gasteiger partial charge in [-0.1, -0.05) is 446 Å². The number of esters is 4. The van der Waals surface area contributed by atoms with Gasteiger partial charge in [0.25, 0.3) is 0 Å². The fourth-order valence-corrected chi connectivity index (χ4v) is 15.9. The molecular formula is C91H178O17P2. The lowest BCUT2D eigenvalue weighted by Gasteiger charge is -2.21. The maximum atomic E-state index is 13.2. The van der Waals surface area contributed by atoms with Crippen LogP contribution >= 0.6 is 15.6 Å². The molecule has 0 saturated carbocycles. The first-order valence-electron chi connectivity index (χ1n) is 47.1. The van der Waals surface area contributed by atoms with Crippen LogP contribution in [0.4, 0.5) is 0 Å². The molecule has 2 unspecified atom stereocenters. The van der Waals surface area contributed by atoms with Crippen LogP contribution in [0, 0.1) is 5.92 Å². The molecule has 0 heterocycles. The van der Waals surface area contributed by atoms with Gasteiger partial charge in [-0.05, 0) is 31.6 Å². The second-order valence-electron chi connectivity index (χ2n) is 33.2. The molecule has 0 spiro atoms. The van der Waals surface area contributed by atoms with Crippen molar-refractivity contribution in [3.63, 3.8) is 0 Å². The van der Waals surface area contributed by atoms with E-state index in [9.17, 15) is 43.2 Å². The molecule has 0 amide bonds. The maximum Gasteiger partial charge on any atom is 0.472 e. The van der Waals surface area contributed by atoms with E-state index in [1.165, 1.54) is 308 Å². The first-order valence-corrected chi connectivity index (χ1v) is 50.1. The van der Waals surface area contributed by atoms with E-state index in [0.29, 0.717) is 25.7 Å². The van der Waals surface area contributed by atoms with E-state index < -0.39 is 97.5 Å². The first kappa shape index (κ1) is 108. The zero-order valence-electron chi connectivity index (χ0n) is 72.4. The summed E-state index contributed by atoms with van der Waals surface area (Å²) in [6.07, 6.45) is 79.6. The standard InChI is InChI=1S/C91H178O17P2/c1-6-9-12-15-18-20-22-24-26-28-30-32-34-39-43-47-51-55-60-65-70-75-89(94)102-81-87(108-91(96)77-72-67-62-57-53-49-45-41-37-36-38-42-46-50-54-59-63-68-73-84(4)5)83-106-110(99,100)104-79-85(92)78-103-109(97,98)105-82-86(80-101-88(93)74-69-64-58-17-14-11-8-3)107-90(95)76-71-66-61-56-52-48-44-40-35-33-31-29-27-25-23-21-19-16-13-10-7-2/h84-87,92H,6-83H2,1-5H3,(H,97,98)(H,99,100)/t85-,86+,87+/m0/s1. The van der Waals surface area contributed by atoms with Gasteiger partial charge in [0.15, 0.2) is 12.2 Å². The molecule has 0 radical (unpaired) electrons. The zero-order valence-corrected chi connectivity index (χ0v) is 74.2. The molecule has 0 saturated heterocycles. The Morgan fingerprint density at radius 3 is 0.618 bits per heavy atom. The van der Waals surface area contributed by atoms with Crippen LogP contribution in [0.15, 0.2) is 0 Å². The number of phosphoric acid groups is 2. The van der Waals surface area contributed by atoms with Gasteiger partial charge in [0.1, 0.15) is 19.3 Å². The second-order valence-corrected chi connectivity index (χ2v) is 36.1. The third-order valence-electron chi connectivity index (χ3n) is 21.5. The van der Waals surface area contributed by atoms with Crippen molar-refractivity contribution in [2.24, 2.45) is 5.92 Å². The summed E-state index contributed by atoms with van der Waals surface area (Å²) in [5, 5.41) is 10.7. The smallest absolute Gasteiger partial charge is 0.462 e. The summed E-state index contributed by atoms with van der Waals surface area (Å²) < 4.78 is 68.9. The normalized spacial score (nSPS) is 13.7. The largest absolute Gasteiger partial charge is 0.472 e. The number of unbranched alkanes of at least 4 members (excludes halogenated alkanes) is 63. The van der Waals surface area contributed by atoms with Gasteiger partial charge in [-0.2, -0.15) is 0 Å². The highest BCUT2D eigenvalue weighted by Crippen LogP contribution is 2.45. The second kappa shape index (κ2) is 83.5. The number of hydrogen-bond donors (Lipinski definition) is 3. The van der Waals surface area contributed by atoms with Gasteiger partial charge in [0, 0.05) is 25.7 Å². The molecule has 0 aliphatic heterocycles. The molecule has 3 N–H and O–H groups in total. The van der Waals surface area contributed by atoms with Gasteiger partial charge >= 0.3 is 39.5 Å². The molecular weight excluding hydrogens is 1430 g/mol. The predicted octanol–water partition coefficient (Wildman–Crippen LogP) is 28.3. The Hall–Kier alpha value is -1.94. The van der Waals surface area contributed by atoms with Gasteiger partial charge in [-0.15, -0.1) is 0 Å². The van der Waals surface area contributed by atoms with Crippen LogP contribution in [0.25, 0.3) is 0 Å². The van der Waals surface area contributed by atoms with Crippen molar-refractivity contribution in [3.8, 4) is 0 Å². The van der Waals surface area contributed by atoms with Crippen LogP contribution in [0.2, 0.25) is 0 Å². The molecule has 17 nitrogen and oxygen atoms in total. The third-order valence-corrected chi connectivity index (χ3v) is 23.4. The summed E-state index contributed by atoms with van der Waals surface area (Å²) in [6, 6.07) is 0. The number of ether oxygens (including phenoxy) is 4. The number of hydrogen-bond acceptors (Lipinski definition) is 15. The van der Waals surface area contributed by atoms with E-state index in [0.717, 1.165) is 109 Å². The third kappa shape index (κ3) is 84.0. The Kier molecular flexibility index (Phi) is 82.1. The van der Waals surface area contributed by atoms with Gasteiger partial charge < -0.3 is 33.8 Å². The average Bonchev–Trinajstić information content (AvgIpc) is 0.918. The molecule has 0 aliphatic carbocycles. The van der Waals surface area contributed by atoms with E-state index >= 15 is 0 Å². The van der Waals surface area contributed by atoms with Gasteiger partial charge in [0.05, 0.1) is 26.4 Å². The summed E-state index contributed by atoms with van der Waals surface area (Å²) in [5.41, 5.74) is 0. The summed E-state index contributed by atoms with van der Waals surface area (Å²) in [7, 11) is -9.93. The van der Waals surface area contributed by atoms with Crippen molar-refractivity contribution in [3.05, 3.63) is 0 Å². The number of carbonyl (C=O) groups excluding carboxylic acids is 4. The highest BCUT2D eigenvalue weighted by atomic mass is 31.2. The van der Waals surface area contributed by atoms with E-state index in [4.69, 9.17) is 37.0 Å². The van der Waals surface area contributed by atoms with Crippen LogP contribution in [-0.2, 0) is 65.4 Å². The summed E-state index contributed by atoms with van der Waals surface area (Å²) >= 11 is 0. The van der Waals surface area contributed by atoms with Crippen LogP contribution < -0.4 is 0 Å². The molecule has 0 fully saturated rings. The molecule has 0 aliphatic rings. The van der Waals surface area contributed by atoms with Crippen molar-refractivity contribution in [2.75, 3.05) is 39.6 Å². The minimum atomic E-state index is -4.97. The Morgan fingerprint density at radius 1 is 0.245 bits per heavy atom. The molecule has 19 heteroatoms. The van der Waals surface area contributed by atoms with Crippen LogP contribution in [0.3, 0.4) is 0 Å². The fourth-order valence-electron chi connectivity index (χ4n) is 14.4. The quantitative estimate of drug-likeness (QED) is 0.0222. The highest BCUT2D eigenvalue weighted by molar-refractivity contribution is 7.47. The summed E-state index contributed by atoms with van der Waals surface area (Å²) in [4.78, 5) is 73.2. The van der Waals surface area contributed by atoms with Crippen LogP contribution in [-0.4, -0.2) is 96.7 Å². The number of rotatable bonds is 91. The molecule has 110 heavy (non-hydrogen) atoms. The lowest BCUT2D eigenvalue weighted by Crippen LogP contribution is -2.30. The minimum absolute atomic E-state index is 0.109. The van der Waals surface area contributed by atoms with Crippen molar-refractivity contribution >= 4 is 39.5 Å². The molecule has 5 atom stereocenters. The molecule has 0 aromatic carbocycles. The number of carbonyl (C=O) groups is 4. The lowest BCUT2D eigenvalue weighted by atomic mass is 10.0. The van der Waals surface area contributed by atoms with Gasteiger partial charge in [0.2, 0.25) is 0 Å². The first-order chi connectivity index (χ1) is 53.5. The Bertz CT molecular complexity index is 2080. The lowest BCUT2D eigenvalue weighted by molar-refractivity contribution is -0.161. The van der Waals surface area contributed by atoms with Crippen LogP contribution in [0.1, 0.15) is 497 Å². The molecule has 0 aromatic heterocycles. The number of phosphoric ester groups is 2. The summed E-state index contributed by atoms with van der Waals surface area (Å²) in [6.45, 7) is 7.38. The molecule has 0 rings (SSSR count). The number of aliphatic hydroxyl groups excluding tert-OH is 1. The number of aliphatic hydroxyl groups is 1. The Morgan fingerprint density at radius 2 is 0.418 bits per heavy atom. The van der Waals surface area contributed by atoms with Gasteiger partial charge in [-0.25, -0.2) is 9.13 Å². The van der Waals surface area contributed by atoms with E-state index in [-0.39, 0.29) is 25.7 Å². The Balaban J connectivity index is 5.13. The van der Waals surface area contributed by atoms with E-state index in [1.54, 1.807) is 0 Å². The fraction of sp³-hybridized carbons (Fsp3) is 0.956. The maximum absolute atomic E-state index is 13.2. The van der Waals surface area contributed by atoms with Crippen molar-refractivity contribution < 1.29 is 80.2 Å².